The molecule has 1 aromatic heterocycles. The van der Waals surface area contributed by atoms with Crippen LogP contribution in [0.25, 0.3) is 5.76 Å². The van der Waals surface area contributed by atoms with Crippen molar-refractivity contribution < 1.29 is 33.5 Å². The zero-order chi connectivity index (χ0) is 25.4. The fourth-order valence-electron chi connectivity index (χ4n) is 3.65. The molecule has 1 saturated heterocycles. The first-order valence-corrected chi connectivity index (χ1v) is 10.8. The lowest BCUT2D eigenvalue weighted by Crippen LogP contribution is -2.29. The smallest absolute Gasteiger partial charge is 0.350 e. The number of methoxy groups -OCH3 is 1. The number of nitro benzene ring substituents is 1. The van der Waals surface area contributed by atoms with Crippen LogP contribution in [0.4, 0.5) is 15.2 Å². The van der Waals surface area contributed by atoms with Crippen molar-refractivity contribution in [2.45, 2.75) is 13.0 Å². The van der Waals surface area contributed by atoms with Crippen LogP contribution in [-0.2, 0) is 14.3 Å². The summed E-state index contributed by atoms with van der Waals surface area (Å²) in [6.45, 7) is 1.53. The van der Waals surface area contributed by atoms with Crippen molar-refractivity contribution in [3.05, 3.63) is 91.7 Å². The number of aliphatic hydroxyl groups excluding tert-OH is 1. The summed E-state index contributed by atoms with van der Waals surface area (Å²) in [5.74, 6) is -3.87. The Kier molecular flexibility index (Phi) is 6.14. The second-order valence-electron chi connectivity index (χ2n) is 7.43. The number of hydrogen-bond donors (Lipinski definition) is 1. The van der Waals surface area contributed by atoms with Crippen molar-refractivity contribution in [2.75, 3.05) is 12.0 Å². The average Bonchev–Trinajstić information content (AvgIpc) is 3.35. The highest BCUT2D eigenvalue weighted by Crippen LogP contribution is 2.44. The Hall–Kier alpha value is -4.45. The van der Waals surface area contributed by atoms with Crippen LogP contribution < -0.4 is 4.90 Å². The lowest BCUT2D eigenvalue weighted by atomic mass is 9.95. The molecule has 1 atom stereocenters. The number of nitro groups is 1. The molecule has 0 saturated carbocycles. The van der Waals surface area contributed by atoms with Crippen LogP contribution in [-0.4, -0.2) is 39.8 Å². The Morgan fingerprint density at radius 1 is 1.17 bits per heavy atom. The number of aromatic nitrogens is 1. The molecule has 35 heavy (non-hydrogen) atoms. The van der Waals surface area contributed by atoms with E-state index in [2.05, 4.69) is 4.98 Å². The van der Waals surface area contributed by atoms with Crippen molar-refractivity contribution in [3.8, 4) is 0 Å². The van der Waals surface area contributed by atoms with Gasteiger partial charge in [0.15, 0.2) is 5.13 Å². The molecule has 1 amide bonds. The molecular formula is C23H16FN3O7S. The van der Waals surface area contributed by atoms with Gasteiger partial charge in [0, 0.05) is 17.7 Å². The number of aliphatic hydroxyl groups is 1. The number of halogens is 1. The van der Waals surface area contributed by atoms with Crippen LogP contribution in [0, 0.1) is 22.9 Å². The van der Waals surface area contributed by atoms with Crippen LogP contribution in [0.15, 0.2) is 54.1 Å². The molecule has 1 aliphatic heterocycles. The van der Waals surface area contributed by atoms with Crippen LogP contribution in [0.5, 0.6) is 0 Å². The molecule has 0 radical (unpaired) electrons. The first-order valence-electron chi connectivity index (χ1n) is 10.0. The number of nitrogens with zero attached hydrogens (tertiary/aromatic N) is 3. The molecule has 1 unspecified atom stereocenters. The Morgan fingerprint density at radius 2 is 1.80 bits per heavy atom. The van der Waals surface area contributed by atoms with Gasteiger partial charge in [0.1, 0.15) is 16.5 Å². The number of non-ortho nitro benzene ring substituents is 1. The van der Waals surface area contributed by atoms with E-state index in [-0.39, 0.29) is 38.1 Å². The predicted octanol–water partition coefficient (Wildman–Crippen LogP) is 3.91. The largest absolute Gasteiger partial charge is 0.507 e. The van der Waals surface area contributed by atoms with Crippen molar-refractivity contribution in [2.24, 2.45) is 0 Å². The quantitative estimate of drug-likeness (QED) is 0.140. The van der Waals surface area contributed by atoms with E-state index in [1.807, 2.05) is 0 Å². The van der Waals surface area contributed by atoms with Gasteiger partial charge in [-0.1, -0.05) is 11.3 Å². The molecule has 1 fully saturated rings. The minimum absolute atomic E-state index is 0.00786. The summed E-state index contributed by atoms with van der Waals surface area (Å²) in [5.41, 5.74) is 0.0813. The zero-order valence-corrected chi connectivity index (χ0v) is 19.0. The number of Topliss-reactive ketones (excluding diaryl/α,β-unsaturated/α-hetero) is 1. The normalized spacial score (nSPS) is 17.0. The molecule has 3 aromatic rings. The number of carbonyl (C=O) groups is 3. The second-order valence-corrected chi connectivity index (χ2v) is 8.40. The third-order valence-electron chi connectivity index (χ3n) is 5.34. The molecular weight excluding hydrogens is 481 g/mol. The number of anilines is 1. The van der Waals surface area contributed by atoms with E-state index >= 15 is 0 Å². The number of thiazole rings is 1. The van der Waals surface area contributed by atoms with Gasteiger partial charge in [-0.2, -0.15) is 0 Å². The monoisotopic (exact) mass is 497 g/mol. The van der Waals surface area contributed by atoms with E-state index in [0.717, 1.165) is 28.4 Å². The van der Waals surface area contributed by atoms with Crippen molar-refractivity contribution in [3.63, 3.8) is 0 Å². The van der Waals surface area contributed by atoms with Crippen LogP contribution in [0.1, 0.15) is 32.5 Å². The molecule has 178 valence electrons. The predicted molar refractivity (Wildman–Crippen MR) is 122 cm³/mol. The number of aryl methyl sites for hydroxylation is 1. The number of rotatable bonds is 5. The standard InChI is InChI=1S/C23H16FN3O7S/c1-11-20(22(31)34-2)35-23(25-11)26-17(12-5-9-15(10-6-12)27(32)33)16(19(29)21(26)30)18(28)13-3-7-14(24)8-4-13/h3-10,17,28H,1-2H3/b18-16-. The minimum atomic E-state index is -1.23. The molecule has 0 aliphatic carbocycles. The number of amides is 1. The summed E-state index contributed by atoms with van der Waals surface area (Å²) in [4.78, 5) is 54.2. The van der Waals surface area contributed by atoms with Gasteiger partial charge in [0.25, 0.3) is 11.5 Å². The molecule has 4 rings (SSSR count). The van der Waals surface area contributed by atoms with E-state index in [4.69, 9.17) is 4.74 Å². The number of benzene rings is 2. The number of ketones is 1. The number of esters is 1. The fourth-order valence-corrected chi connectivity index (χ4v) is 4.67. The molecule has 10 nitrogen and oxygen atoms in total. The van der Waals surface area contributed by atoms with Crippen molar-refractivity contribution >= 4 is 45.6 Å². The highest BCUT2D eigenvalue weighted by atomic mass is 32.1. The molecule has 12 heteroatoms. The van der Waals surface area contributed by atoms with E-state index in [1.54, 1.807) is 0 Å². The number of carbonyl (C=O) groups excluding carboxylic acids is 3. The van der Waals surface area contributed by atoms with Crippen LogP contribution in [0.2, 0.25) is 0 Å². The molecule has 0 bridgehead atoms. The van der Waals surface area contributed by atoms with Gasteiger partial charge in [-0.15, -0.1) is 0 Å². The molecule has 2 heterocycles. The lowest BCUT2D eigenvalue weighted by Gasteiger charge is -2.22. The Labute approximate surface area is 201 Å². The molecule has 1 N–H and O–H groups in total. The summed E-state index contributed by atoms with van der Waals surface area (Å²) in [6, 6.07) is 8.51. The van der Waals surface area contributed by atoms with Crippen molar-refractivity contribution in [1.29, 1.82) is 0 Å². The molecule has 0 spiro atoms. The first-order chi connectivity index (χ1) is 16.6. The summed E-state index contributed by atoms with van der Waals surface area (Å²) in [5, 5.41) is 22.1. The SMILES string of the molecule is COC(=O)c1sc(N2C(=O)C(=O)/C(=C(\O)c3ccc(F)cc3)C2c2ccc([N+](=O)[O-])cc2)nc1C. The van der Waals surface area contributed by atoms with Gasteiger partial charge < -0.3 is 9.84 Å². The molecule has 1 aliphatic rings. The van der Waals surface area contributed by atoms with Gasteiger partial charge in [0.05, 0.1) is 29.3 Å². The van der Waals surface area contributed by atoms with Gasteiger partial charge in [-0.3, -0.25) is 24.6 Å². The van der Waals surface area contributed by atoms with Gasteiger partial charge in [-0.05, 0) is 48.9 Å². The van der Waals surface area contributed by atoms with Crippen LogP contribution in [0.3, 0.4) is 0 Å². The van der Waals surface area contributed by atoms with Gasteiger partial charge >= 0.3 is 11.9 Å². The zero-order valence-electron chi connectivity index (χ0n) is 18.2. The van der Waals surface area contributed by atoms with E-state index < -0.39 is 40.2 Å². The summed E-state index contributed by atoms with van der Waals surface area (Å²) in [7, 11) is 1.19. The maximum atomic E-state index is 13.4. The fraction of sp³-hybridized carbons (Fsp3) is 0.130. The number of hydrogen-bond acceptors (Lipinski definition) is 9. The molecule has 2 aromatic carbocycles. The van der Waals surface area contributed by atoms with Crippen LogP contribution >= 0.6 is 11.3 Å². The maximum Gasteiger partial charge on any atom is 0.350 e. The third-order valence-corrected chi connectivity index (χ3v) is 6.48. The van der Waals surface area contributed by atoms with E-state index in [0.29, 0.717) is 0 Å². The first kappa shape index (κ1) is 23.7. The summed E-state index contributed by atoms with van der Waals surface area (Å²) in [6.07, 6.45) is 0. The highest BCUT2D eigenvalue weighted by Gasteiger charge is 2.48. The third kappa shape index (κ3) is 4.15. The second kappa shape index (κ2) is 9.06. The summed E-state index contributed by atoms with van der Waals surface area (Å²) >= 11 is 0.818. The Morgan fingerprint density at radius 3 is 2.37 bits per heavy atom. The van der Waals surface area contributed by atoms with E-state index in [9.17, 15) is 34.0 Å². The topological polar surface area (TPSA) is 140 Å². The highest BCUT2D eigenvalue weighted by molar-refractivity contribution is 7.17. The van der Waals surface area contributed by atoms with Gasteiger partial charge in [-0.25, -0.2) is 14.2 Å². The van der Waals surface area contributed by atoms with Crippen molar-refractivity contribution in [1.82, 2.24) is 4.98 Å². The minimum Gasteiger partial charge on any atom is -0.507 e. The Bertz CT molecular complexity index is 1400. The number of ether oxygens (including phenoxy) is 1. The maximum absolute atomic E-state index is 13.4. The Balaban J connectivity index is 1.93. The summed E-state index contributed by atoms with van der Waals surface area (Å²) < 4.78 is 18.1. The lowest BCUT2D eigenvalue weighted by molar-refractivity contribution is -0.384. The van der Waals surface area contributed by atoms with Gasteiger partial charge in [0.2, 0.25) is 0 Å². The average molecular weight is 497 g/mol. The van der Waals surface area contributed by atoms with E-state index in [1.165, 1.54) is 50.4 Å².